The van der Waals surface area contributed by atoms with Crippen LogP contribution < -0.4 is 5.73 Å². The van der Waals surface area contributed by atoms with Gasteiger partial charge in [0.25, 0.3) is 0 Å². The molecule has 6 heteroatoms. The zero-order chi connectivity index (χ0) is 12.3. The molecule has 1 atom stereocenters. The van der Waals surface area contributed by atoms with Crippen molar-refractivity contribution in [3.05, 3.63) is 29.8 Å². The van der Waals surface area contributed by atoms with Crippen LogP contribution in [0.2, 0.25) is 0 Å². The van der Waals surface area contributed by atoms with Gasteiger partial charge in [-0.1, -0.05) is 18.2 Å². The first kappa shape index (κ1) is 12.0. The van der Waals surface area contributed by atoms with Crippen molar-refractivity contribution in [3.63, 3.8) is 0 Å². The first-order valence-electron chi connectivity index (χ1n) is 4.44. The van der Waals surface area contributed by atoms with Crippen LogP contribution in [0.25, 0.3) is 0 Å². The molecular formula is C10H11NO5. The third kappa shape index (κ3) is 2.29. The molecule has 0 bridgehead atoms. The van der Waals surface area contributed by atoms with E-state index in [2.05, 4.69) is 0 Å². The topological polar surface area (TPSA) is 121 Å². The lowest BCUT2D eigenvalue weighted by atomic mass is 9.93. The SMILES string of the molecule is NC(c1ccccc1O)C(C(=O)O)C(=O)O. The van der Waals surface area contributed by atoms with Crippen LogP contribution >= 0.6 is 0 Å². The molecule has 1 rings (SSSR count). The summed E-state index contributed by atoms with van der Waals surface area (Å²) < 4.78 is 0. The van der Waals surface area contributed by atoms with Crippen molar-refractivity contribution in [1.82, 2.24) is 0 Å². The van der Waals surface area contributed by atoms with E-state index in [1.165, 1.54) is 24.3 Å². The van der Waals surface area contributed by atoms with E-state index in [1.807, 2.05) is 0 Å². The molecule has 5 N–H and O–H groups in total. The zero-order valence-electron chi connectivity index (χ0n) is 8.20. The summed E-state index contributed by atoms with van der Waals surface area (Å²) in [5.74, 6) is -5.08. The molecule has 6 nitrogen and oxygen atoms in total. The van der Waals surface area contributed by atoms with Crippen molar-refractivity contribution in [2.24, 2.45) is 11.7 Å². The van der Waals surface area contributed by atoms with Crippen molar-refractivity contribution in [1.29, 1.82) is 0 Å². The highest BCUT2D eigenvalue weighted by Gasteiger charge is 2.34. The van der Waals surface area contributed by atoms with E-state index in [9.17, 15) is 14.7 Å². The third-order valence-corrected chi connectivity index (χ3v) is 2.19. The van der Waals surface area contributed by atoms with Gasteiger partial charge in [-0.3, -0.25) is 9.59 Å². The van der Waals surface area contributed by atoms with Gasteiger partial charge in [0.15, 0.2) is 5.92 Å². The standard InChI is InChI=1S/C10H11NO5/c11-8(7(9(13)14)10(15)16)5-3-1-2-4-6(5)12/h1-4,7-8,12H,11H2,(H,13,14)(H,15,16). The van der Waals surface area contributed by atoms with E-state index >= 15 is 0 Å². The Hall–Kier alpha value is -2.08. The number of hydrogen-bond donors (Lipinski definition) is 4. The Balaban J connectivity index is 3.09. The summed E-state index contributed by atoms with van der Waals surface area (Å²) in [6, 6.07) is 4.48. The summed E-state index contributed by atoms with van der Waals surface area (Å²) in [6.07, 6.45) is 0. The Kier molecular flexibility index (Phi) is 3.47. The van der Waals surface area contributed by atoms with Crippen LogP contribution in [0.3, 0.4) is 0 Å². The van der Waals surface area contributed by atoms with Gasteiger partial charge in [0.2, 0.25) is 0 Å². The predicted octanol–water partition coefficient (Wildman–Crippen LogP) is 0.177. The van der Waals surface area contributed by atoms with Gasteiger partial charge in [-0.2, -0.15) is 0 Å². The number of carboxylic acid groups (broad SMARTS) is 2. The fourth-order valence-electron chi connectivity index (χ4n) is 1.36. The van der Waals surface area contributed by atoms with E-state index < -0.39 is 23.9 Å². The number of hydrogen-bond acceptors (Lipinski definition) is 4. The van der Waals surface area contributed by atoms with E-state index in [0.717, 1.165) is 0 Å². The molecular weight excluding hydrogens is 214 g/mol. The number of aliphatic carboxylic acids is 2. The maximum absolute atomic E-state index is 10.7. The number of aromatic hydroxyl groups is 1. The first-order valence-corrected chi connectivity index (χ1v) is 4.44. The van der Waals surface area contributed by atoms with Gasteiger partial charge >= 0.3 is 11.9 Å². The second kappa shape index (κ2) is 4.63. The number of para-hydroxylation sites is 1. The molecule has 1 unspecified atom stereocenters. The largest absolute Gasteiger partial charge is 0.508 e. The Labute approximate surface area is 90.9 Å². The minimum atomic E-state index is -1.78. The lowest BCUT2D eigenvalue weighted by Crippen LogP contribution is -2.34. The lowest BCUT2D eigenvalue weighted by Gasteiger charge is -2.17. The van der Waals surface area contributed by atoms with Gasteiger partial charge in [-0.15, -0.1) is 0 Å². The maximum Gasteiger partial charge on any atom is 0.319 e. The zero-order valence-corrected chi connectivity index (χ0v) is 8.20. The van der Waals surface area contributed by atoms with E-state index in [0.29, 0.717) is 0 Å². The van der Waals surface area contributed by atoms with Crippen molar-refractivity contribution in [2.75, 3.05) is 0 Å². The summed E-state index contributed by atoms with van der Waals surface area (Å²) in [7, 11) is 0. The molecule has 0 saturated heterocycles. The first-order chi connectivity index (χ1) is 7.45. The molecule has 0 aliphatic rings. The second-order valence-electron chi connectivity index (χ2n) is 3.24. The predicted molar refractivity (Wildman–Crippen MR) is 53.8 cm³/mol. The summed E-state index contributed by atoms with van der Waals surface area (Å²) in [5, 5.41) is 26.9. The molecule has 0 spiro atoms. The summed E-state index contributed by atoms with van der Waals surface area (Å²) in [6.45, 7) is 0. The van der Waals surface area contributed by atoms with Gasteiger partial charge in [0.05, 0.1) is 6.04 Å². The Morgan fingerprint density at radius 1 is 1.12 bits per heavy atom. The minimum Gasteiger partial charge on any atom is -0.508 e. The smallest absolute Gasteiger partial charge is 0.319 e. The maximum atomic E-state index is 10.7. The average molecular weight is 225 g/mol. The number of benzene rings is 1. The molecule has 16 heavy (non-hydrogen) atoms. The molecule has 0 saturated carbocycles. The summed E-state index contributed by atoms with van der Waals surface area (Å²) in [4.78, 5) is 21.4. The Morgan fingerprint density at radius 2 is 1.62 bits per heavy atom. The fraction of sp³-hybridized carbons (Fsp3) is 0.200. The number of carbonyl (C=O) groups is 2. The molecule has 0 heterocycles. The summed E-state index contributed by atoms with van der Waals surface area (Å²) >= 11 is 0. The quantitative estimate of drug-likeness (QED) is 0.542. The molecule has 0 radical (unpaired) electrons. The highest BCUT2D eigenvalue weighted by molar-refractivity contribution is 5.94. The van der Waals surface area contributed by atoms with Crippen LogP contribution in [0.4, 0.5) is 0 Å². The highest BCUT2D eigenvalue weighted by Crippen LogP contribution is 2.27. The van der Waals surface area contributed by atoms with Gasteiger partial charge in [0, 0.05) is 5.56 Å². The number of rotatable bonds is 4. The van der Waals surface area contributed by atoms with Crippen LogP contribution in [0.15, 0.2) is 24.3 Å². The second-order valence-corrected chi connectivity index (χ2v) is 3.24. The average Bonchev–Trinajstić information content (AvgIpc) is 2.16. The number of carboxylic acids is 2. The van der Waals surface area contributed by atoms with Gasteiger partial charge < -0.3 is 21.1 Å². The molecule has 0 fully saturated rings. The molecule has 1 aromatic carbocycles. The van der Waals surface area contributed by atoms with Crippen molar-refractivity contribution in [3.8, 4) is 5.75 Å². The molecule has 0 aliphatic carbocycles. The third-order valence-electron chi connectivity index (χ3n) is 2.19. The van der Waals surface area contributed by atoms with Crippen LogP contribution in [-0.2, 0) is 9.59 Å². The van der Waals surface area contributed by atoms with Gasteiger partial charge in [0.1, 0.15) is 5.75 Å². The fourth-order valence-corrected chi connectivity index (χ4v) is 1.36. The van der Waals surface area contributed by atoms with E-state index in [-0.39, 0.29) is 11.3 Å². The van der Waals surface area contributed by atoms with Gasteiger partial charge in [-0.05, 0) is 6.07 Å². The van der Waals surface area contributed by atoms with Gasteiger partial charge in [-0.25, -0.2) is 0 Å². The lowest BCUT2D eigenvalue weighted by molar-refractivity contribution is -0.155. The molecule has 0 aliphatic heterocycles. The normalized spacial score (nSPS) is 12.4. The van der Waals surface area contributed by atoms with Crippen LogP contribution in [-0.4, -0.2) is 27.3 Å². The van der Waals surface area contributed by atoms with E-state index in [4.69, 9.17) is 15.9 Å². The van der Waals surface area contributed by atoms with Crippen molar-refractivity contribution < 1.29 is 24.9 Å². The monoisotopic (exact) mass is 225 g/mol. The minimum absolute atomic E-state index is 0.0947. The molecule has 86 valence electrons. The number of phenolic OH excluding ortho intramolecular Hbond substituents is 1. The Bertz CT molecular complexity index is 403. The number of nitrogens with two attached hydrogens (primary N) is 1. The van der Waals surface area contributed by atoms with Crippen LogP contribution in [0, 0.1) is 5.92 Å². The highest BCUT2D eigenvalue weighted by atomic mass is 16.4. The summed E-state index contributed by atoms with van der Waals surface area (Å²) in [5.41, 5.74) is 5.62. The van der Waals surface area contributed by atoms with E-state index in [1.54, 1.807) is 0 Å². The molecule has 0 aromatic heterocycles. The molecule has 0 amide bonds. The van der Waals surface area contributed by atoms with Crippen molar-refractivity contribution >= 4 is 11.9 Å². The molecule has 1 aromatic rings. The number of phenols is 1. The van der Waals surface area contributed by atoms with Crippen LogP contribution in [0.1, 0.15) is 11.6 Å². The van der Waals surface area contributed by atoms with Crippen LogP contribution in [0.5, 0.6) is 5.75 Å². The Morgan fingerprint density at radius 3 is 2.06 bits per heavy atom. The van der Waals surface area contributed by atoms with Crippen molar-refractivity contribution in [2.45, 2.75) is 6.04 Å².